The largest absolute Gasteiger partial charge is 0.462 e. The zero-order chi connectivity index (χ0) is 34.6. The summed E-state index contributed by atoms with van der Waals surface area (Å²) in [5, 5.41) is 0. The quantitative estimate of drug-likeness (QED) is 0.127. The second-order valence-electron chi connectivity index (χ2n) is 12.2. The third kappa shape index (κ3) is 9.54. The van der Waals surface area contributed by atoms with Gasteiger partial charge in [-0.25, -0.2) is 13.2 Å². The summed E-state index contributed by atoms with van der Waals surface area (Å²) in [4.78, 5) is 12.7. The van der Waals surface area contributed by atoms with Crippen molar-refractivity contribution in [3.8, 4) is 5.75 Å². The Hall–Kier alpha value is -3.03. The van der Waals surface area contributed by atoms with Gasteiger partial charge in [0.1, 0.15) is 34.9 Å². The molecule has 0 bridgehead atoms. The van der Waals surface area contributed by atoms with Gasteiger partial charge in [0, 0.05) is 12.1 Å². The van der Waals surface area contributed by atoms with Gasteiger partial charge in [-0.1, -0.05) is 25.8 Å². The third-order valence-corrected chi connectivity index (χ3v) is 8.72. The Balaban J connectivity index is 1.22. The van der Waals surface area contributed by atoms with Gasteiger partial charge < -0.3 is 14.2 Å². The number of aryl methyl sites for hydroxylation is 1. The number of rotatable bonds is 12. The van der Waals surface area contributed by atoms with Gasteiger partial charge in [0.05, 0.1) is 23.5 Å². The van der Waals surface area contributed by atoms with Crippen LogP contribution >= 0.6 is 0 Å². The molecule has 0 heterocycles. The van der Waals surface area contributed by atoms with Crippen molar-refractivity contribution in [2.24, 2.45) is 11.8 Å². The van der Waals surface area contributed by atoms with E-state index in [1.54, 1.807) is 0 Å². The summed E-state index contributed by atoms with van der Waals surface area (Å²) >= 11 is 0. The van der Waals surface area contributed by atoms with E-state index in [9.17, 15) is 48.7 Å². The van der Waals surface area contributed by atoms with Crippen molar-refractivity contribution in [3.63, 3.8) is 0 Å². The Morgan fingerprint density at radius 1 is 0.766 bits per heavy atom. The van der Waals surface area contributed by atoms with Gasteiger partial charge in [-0.05, 0) is 81.9 Å². The van der Waals surface area contributed by atoms with Crippen LogP contribution in [0.3, 0.4) is 0 Å². The van der Waals surface area contributed by atoms with Crippen LogP contribution in [-0.4, -0.2) is 24.3 Å². The minimum absolute atomic E-state index is 0.00126. The molecule has 0 atom stereocenters. The van der Waals surface area contributed by atoms with Gasteiger partial charge in [-0.15, -0.1) is 0 Å². The van der Waals surface area contributed by atoms with Crippen LogP contribution in [0.5, 0.6) is 5.75 Å². The number of carbonyl (C=O) groups is 1. The number of ether oxygens (including phenoxy) is 3. The van der Waals surface area contributed by atoms with Crippen LogP contribution in [-0.2, 0) is 33.0 Å². The fraction of sp³-hybridized carbons (Fsp3) is 0.606. The van der Waals surface area contributed by atoms with Crippen molar-refractivity contribution in [2.75, 3.05) is 0 Å². The zero-order valence-electron chi connectivity index (χ0n) is 25.6. The van der Waals surface area contributed by atoms with Gasteiger partial charge >= 0.3 is 24.4 Å². The maximum Gasteiger partial charge on any atom is 0.422 e. The summed E-state index contributed by atoms with van der Waals surface area (Å²) in [5.41, 5.74) is -2.46. The maximum absolute atomic E-state index is 14.8. The number of benzene rings is 2. The first kappa shape index (κ1) is 36.8. The summed E-state index contributed by atoms with van der Waals surface area (Å²) in [5.74, 6) is -9.05. The maximum atomic E-state index is 14.8. The number of halogens is 10. The summed E-state index contributed by atoms with van der Waals surface area (Å²) in [6.45, 7) is 2.02. The highest BCUT2D eigenvalue weighted by Gasteiger charge is 2.46. The summed E-state index contributed by atoms with van der Waals surface area (Å²) in [6, 6.07) is 3.67. The van der Waals surface area contributed by atoms with E-state index in [1.807, 2.05) is 6.92 Å². The molecule has 2 aromatic rings. The van der Waals surface area contributed by atoms with Crippen molar-refractivity contribution in [2.45, 2.75) is 115 Å². The van der Waals surface area contributed by atoms with Gasteiger partial charge in [0.2, 0.25) is 0 Å². The van der Waals surface area contributed by atoms with Crippen LogP contribution in [0, 0.1) is 29.3 Å². The second kappa shape index (κ2) is 15.0. The van der Waals surface area contributed by atoms with Crippen molar-refractivity contribution in [1.82, 2.24) is 0 Å². The third-order valence-electron chi connectivity index (χ3n) is 8.72. The molecule has 2 saturated carbocycles. The highest BCUT2D eigenvalue weighted by molar-refractivity contribution is 5.72. The van der Waals surface area contributed by atoms with E-state index in [0.717, 1.165) is 31.4 Å². The molecule has 2 fully saturated rings. The number of alkyl halides is 7. The van der Waals surface area contributed by atoms with E-state index in [-0.39, 0.29) is 63.5 Å². The number of unbranched alkanes of at least 4 members (excludes halogenated alkanes) is 2. The van der Waals surface area contributed by atoms with Gasteiger partial charge in [-0.2, -0.15) is 30.7 Å². The molecule has 0 unspecified atom stereocenters. The number of carbonyl (C=O) groups excluding carboxylic acids is 1. The predicted molar refractivity (Wildman–Crippen MR) is 149 cm³/mol. The van der Waals surface area contributed by atoms with Crippen LogP contribution in [0.4, 0.5) is 43.9 Å². The highest BCUT2D eigenvalue weighted by Crippen LogP contribution is 2.42. The first-order valence-electron chi connectivity index (χ1n) is 15.7. The molecule has 0 aromatic heterocycles. The molecular weight excluding hydrogens is 650 g/mol. The molecule has 4 nitrogen and oxygen atoms in total. The first-order valence-corrected chi connectivity index (χ1v) is 15.7. The molecule has 4 rings (SSSR count). The molecule has 0 radical (unpaired) electrons. The molecule has 2 aliphatic rings. The molecular formula is C33H36F10O4. The average Bonchev–Trinajstić information content (AvgIpc) is 2.96. The van der Waals surface area contributed by atoms with Gasteiger partial charge in [0.15, 0.2) is 0 Å². The van der Waals surface area contributed by atoms with Crippen LogP contribution < -0.4 is 4.74 Å². The zero-order valence-corrected chi connectivity index (χ0v) is 25.6. The topological polar surface area (TPSA) is 44.8 Å². The van der Waals surface area contributed by atoms with Crippen LogP contribution in [0.1, 0.15) is 94.2 Å². The molecule has 47 heavy (non-hydrogen) atoms. The van der Waals surface area contributed by atoms with E-state index < -0.39 is 82.7 Å². The highest BCUT2D eigenvalue weighted by atomic mass is 19.4. The minimum Gasteiger partial charge on any atom is -0.462 e. The summed E-state index contributed by atoms with van der Waals surface area (Å²) in [6.07, 6.45) is -11.5. The molecule has 262 valence electrons. The Morgan fingerprint density at radius 3 is 1.91 bits per heavy atom. The summed E-state index contributed by atoms with van der Waals surface area (Å²) in [7, 11) is 0. The summed E-state index contributed by atoms with van der Waals surface area (Å²) < 4.78 is 154. The van der Waals surface area contributed by atoms with Gasteiger partial charge in [-0.3, -0.25) is 4.79 Å². The van der Waals surface area contributed by atoms with Crippen molar-refractivity contribution < 1.29 is 62.9 Å². The van der Waals surface area contributed by atoms with Gasteiger partial charge in [0.25, 0.3) is 0 Å². The fourth-order valence-electron chi connectivity index (χ4n) is 6.12. The normalized spacial score (nSPS) is 22.6. The Bertz CT molecular complexity index is 1340. The number of hydrogen-bond acceptors (Lipinski definition) is 4. The van der Waals surface area contributed by atoms with E-state index in [4.69, 9.17) is 9.47 Å². The molecule has 0 N–H and O–H groups in total. The van der Waals surface area contributed by atoms with E-state index in [2.05, 4.69) is 4.74 Å². The second-order valence-corrected chi connectivity index (χ2v) is 12.2. The lowest BCUT2D eigenvalue weighted by Crippen LogP contribution is -2.39. The molecule has 0 aliphatic heterocycles. The number of esters is 1. The molecule has 0 spiro atoms. The molecule has 0 saturated heterocycles. The molecule has 14 heteroatoms. The minimum atomic E-state index is -5.37. The monoisotopic (exact) mass is 686 g/mol. The van der Waals surface area contributed by atoms with Crippen molar-refractivity contribution in [3.05, 3.63) is 64.5 Å². The molecule has 2 aliphatic carbocycles. The molecule has 0 amide bonds. The Kier molecular flexibility index (Phi) is 11.8. The van der Waals surface area contributed by atoms with E-state index in [1.165, 1.54) is 6.07 Å². The average molecular weight is 687 g/mol. The Labute approximate surface area is 265 Å². The van der Waals surface area contributed by atoms with E-state index >= 15 is 0 Å². The van der Waals surface area contributed by atoms with Crippen molar-refractivity contribution >= 4 is 5.97 Å². The standard InChI is InChI=1S/C33H36F10O4/c1-2-3-4-5-19-6-15-25(26(34)16-19)33(42,43)46-23-11-7-20(8-12-23)30(44)45-22-13-9-21(10-14-22)32(40,41)47-24-17-27(35)29(28(36)18-24)31(37,38)39/h6,15-18,20-23H,2-5,7-14H2,1H3. The van der Waals surface area contributed by atoms with Crippen LogP contribution in [0.25, 0.3) is 0 Å². The van der Waals surface area contributed by atoms with Crippen molar-refractivity contribution in [1.29, 1.82) is 0 Å². The van der Waals surface area contributed by atoms with Crippen LogP contribution in [0.2, 0.25) is 0 Å². The Morgan fingerprint density at radius 2 is 1.36 bits per heavy atom. The van der Waals surface area contributed by atoms with Crippen LogP contribution in [0.15, 0.2) is 30.3 Å². The lowest BCUT2D eigenvalue weighted by molar-refractivity contribution is -0.279. The first-order chi connectivity index (χ1) is 22.0. The lowest BCUT2D eigenvalue weighted by atomic mass is 9.85. The SMILES string of the molecule is CCCCCc1ccc(C(F)(F)OC2CCC(C(=O)OC3CCC(C(F)(F)Oc4cc(F)c(C(F)(F)F)c(F)c4)CC3)CC2)c(F)c1. The smallest absolute Gasteiger partial charge is 0.422 e. The van der Waals surface area contributed by atoms with E-state index in [0.29, 0.717) is 12.0 Å². The predicted octanol–water partition coefficient (Wildman–Crippen LogP) is 10.3. The molecule has 2 aromatic carbocycles. The fourth-order valence-corrected chi connectivity index (χ4v) is 6.12. The lowest BCUT2D eigenvalue weighted by Gasteiger charge is -2.34. The number of hydrogen-bond donors (Lipinski definition) is 0.